The average molecular weight is 720 g/mol. The molecule has 0 radical (unpaired) electrons. The molecule has 12 heteroatoms. The fraction of sp³-hybridized carbons (Fsp3) is 0.366. The van der Waals surface area contributed by atoms with Gasteiger partial charge in [-0.1, -0.05) is 30.3 Å². The minimum atomic E-state index is -0.426. The van der Waals surface area contributed by atoms with E-state index < -0.39 is 11.9 Å². The van der Waals surface area contributed by atoms with Crippen LogP contribution in [0.2, 0.25) is 0 Å². The quantitative estimate of drug-likeness (QED) is 0.211. The zero-order valence-corrected chi connectivity index (χ0v) is 30.5. The van der Waals surface area contributed by atoms with Gasteiger partial charge in [0.15, 0.2) is 5.82 Å². The molecule has 0 saturated carbocycles. The number of aromatic nitrogens is 1. The summed E-state index contributed by atoms with van der Waals surface area (Å²) in [5.74, 6) is -1.20. The van der Waals surface area contributed by atoms with Gasteiger partial charge in [0, 0.05) is 95.6 Å². The fourth-order valence-electron chi connectivity index (χ4n) is 7.48. The van der Waals surface area contributed by atoms with Gasteiger partial charge < -0.3 is 25.0 Å². The molecule has 276 valence electrons. The Hall–Kier alpha value is -5.49. The van der Waals surface area contributed by atoms with Crippen LogP contribution in [-0.2, 0) is 20.8 Å². The van der Waals surface area contributed by atoms with Crippen molar-refractivity contribution in [3.05, 3.63) is 89.4 Å². The molecule has 3 aliphatic rings. The van der Waals surface area contributed by atoms with Crippen LogP contribution in [-0.4, -0.2) is 109 Å². The normalized spacial score (nSPS) is 18.2. The molecule has 1 aromatic heterocycles. The molecule has 53 heavy (non-hydrogen) atoms. The number of carbonyl (C=O) groups is 4. The van der Waals surface area contributed by atoms with E-state index in [4.69, 9.17) is 0 Å². The highest BCUT2D eigenvalue weighted by Gasteiger charge is 2.27. The number of fused-ring (bicyclic) bond motifs is 1. The van der Waals surface area contributed by atoms with Crippen molar-refractivity contribution < 1.29 is 23.6 Å². The third kappa shape index (κ3) is 7.83. The molecule has 1 atom stereocenters. The molecule has 7 rings (SSSR count). The number of piperidine rings is 1. The van der Waals surface area contributed by atoms with Gasteiger partial charge in [-0.2, -0.15) is 0 Å². The van der Waals surface area contributed by atoms with E-state index in [1.807, 2.05) is 36.4 Å². The molecule has 11 nitrogen and oxygen atoms in total. The lowest BCUT2D eigenvalue weighted by molar-refractivity contribution is -0.133. The maximum absolute atomic E-state index is 16.3. The van der Waals surface area contributed by atoms with Gasteiger partial charge in [-0.15, -0.1) is 0 Å². The van der Waals surface area contributed by atoms with Gasteiger partial charge in [0.2, 0.25) is 17.7 Å². The van der Waals surface area contributed by atoms with Crippen LogP contribution >= 0.6 is 0 Å². The van der Waals surface area contributed by atoms with Gasteiger partial charge in [-0.05, 0) is 77.9 Å². The van der Waals surface area contributed by atoms with Crippen LogP contribution in [0.25, 0.3) is 27.6 Å². The number of anilines is 2. The molecule has 3 aliphatic heterocycles. The zero-order valence-electron chi connectivity index (χ0n) is 30.5. The number of carbonyl (C=O) groups excluding carboxylic acids is 4. The fourth-order valence-corrected chi connectivity index (χ4v) is 7.48. The van der Waals surface area contributed by atoms with Crippen LogP contribution in [0.1, 0.15) is 47.8 Å². The maximum atomic E-state index is 16.3. The van der Waals surface area contributed by atoms with Crippen LogP contribution in [0.4, 0.5) is 15.8 Å². The van der Waals surface area contributed by atoms with E-state index in [0.29, 0.717) is 49.0 Å². The molecule has 0 bridgehead atoms. The predicted molar refractivity (Wildman–Crippen MR) is 205 cm³/mol. The number of benzene rings is 3. The smallest absolute Gasteiger partial charge is 0.269 e. The van der Waals surface area contributed by atoms with E-state index in [1.54, 1.807) is 25.1 Å². The predicted octanol–water partition coefficient (Wildman–Crippen LogP) is 4.89. The average Bonchev–Trinajstić information content (AvgIpc) is 3.62. The van der Waals surface area contributed by atoms with Crippen LogP contribution in [0, 0.1) is 5.82 Å². The van der Waals surface area contributed by atoms with Crippen molar-refractivity contribution >= 4 is 51.5 Å². The number of piperazine rings is 1. The molecular formula is C41H46FN7O4. The first-order valence-corrected chi connectivity index (χ1v) is 18.3. The number of nitrogens with zero attached hydrogens (tertiary/aromatic N) is 4. The third-order valence-corrected chi connectivity index (χ3v) is 10.6. The minimum absolute atomic E-state index is 0.0425. The number of halogens is 1. The summed E-state index contributed by atoms with van der Waals surface area (Å²) in [6.07, 6.45) is 4.40. The van der Waals surface area contributed by atoms with Crippen LogP contribution in [0.3, 0.4) is 0 Å². The first-order chi connectivity index (χ1) is 25.5. The Kier molecular flexibility index (Phi) is 10.3. The van der Waals surface area contributed by atoms with E-state index in [9.17, 15) is 19.2 Å². The second-order valence-corrected chi connectivity index (χ2v) is 14.4. The summed E-state index contributed by atoms with van der Waals surface area (Å²) in [6, 6.07) is 19.7. The molecule has 0 spiro atoms. The summed E-state index contributed by atoms with van der Waals surface area (Å²) >= 11 is 0. The van der Waals surface area contributed by atoms with E-state index in [-0.39, 0.29) is 29.1 Å². The number of hydrogen-bond donors (Lipinski definition) is 3. The van der Waals surface area contributed by atoms with E-state index in [1.165, 1.54) is 17.4 Å². The van der Waals surface area contributed by atoms with Crippen LogP contribution in [0.15, 0.2) is 66.7 Å². The Balaban J connectivity index is 1.04. The zero-order chi connectivity index (χ0) is 37.2. The number of rotatable bonds is 9. The number of hydrogen-bond acceptors (Lipinski definition) is 7. The molecule has 3 aromatic carbocycles. The summed E-state index contributed by atoms with van der Waals surface area (Å²) < 4.78 is 16.3. The minimum Gasteiger partial charge on any atom is -0.374 e. The van der Waals surface area contributed by atoms with Crippen molar-refractivity contribution in [1.29, 1.82) is 0 Å². The summed E-state index contributed by atoms with van der Waals surface area (Å²) in [4.78, 5) is 59.9. The van der Waals surface area contributed by atoms with Crippen molar-refractivity contribution in [3.63, 3.8) is 0 Å². The molecule has 1 unspecified atom stereocenters. The molecule has 2 saturated heterocycles. The van der Waals surface area contributed by atoms with Crippen molar-refractivity contribution in [2.24, 2.45) is 0 Å². The molecule has 2 fully saturated rings. The summed E-state index contributed by atoms with van der Waals surface area (Å²) in [6.45, 7) is 6.96. The number of nitrogens with one attached hydrogen (secondary N) is 3. The molecule has 0 aliphatic carbocycles. The lowest BCUT2D eigenvalue weighted by Gasteiger charge is -2.36. The Labute approximate surface area is 308 Å². The van der Waals surface area contributed by atoms with E-state index in [2.05, 4.69) is 49.7 Å². The number of imide groups is 1. The molecule has 4 heterocycles. The van der Waals surface area contributed by atoms with Crippen LogP contribution in [0.5, 0.6) is 0 Å². The van der Waals surface area contributed by atoms with Crippen molar-refractivity contribution in [1.82, 2.24) is 25.0 Å². The lowest BCUT2D eigenvalue weighted by Crippen LogP contribution is -2.47. The Morgan fingerprint density at radius 2 is 1.74 bits per heavy atom. The van der Waals surface area contributed by atoms with Gasteiger partial charge >= 0.3 is 0 Å². The van der Waals surface area contributed by atoms with Crippen molar-refractivity contribution in [2.45, 2.75) is 38.6 Å². The SMILES string of the molecule is CC(=O)N1CCC=C(c2cc(-c3cccc(N4CCN(CCc5ccc(NC6CCC(=O)NC6=O)cc5)CC4)c3)c3cc(C(=O)N(C)C)[nH]c3c2F)C1. The molecule has 3 N–H and O–H groups in total. The third-order valence-electron chi connectivity index (χ3n) is 10.6. The first-order valence-electron chi connectivity index (χ1n) is 18.3. The van der Waals surface area contributed by atoms with Crippen molar-refractivity contribution in [2.75, 3.05) is 70.1 Å². The van der Waals surface area contributed by atoms with E-state index >= 15 is 4.39 Å². The summed E-state index contributed by atoms with van der Waals surface area (Å²) in [7, 11) is 3.34. The second kappa shape index (κ2) is 15.2. The van der Waals surface area contributed by atoms with Crippen LogP contribution < -0.4 is 15.5 Å². The second-order valence-electron chi connectivity index (χ2n) is 14.4. The molecule has 4 amide bonds. The molecule has 4 aromatic rings. The highest BCUT2D eigenvalue weighted by atomic mass is 19.1. The van der Waals surface area contributed by atoms with Gasteiger partial charge in [-0.25, -0.2) is 4.39 Å². The van der Waals surface area contributed by atoms with Gasteiger partial charge in [0.1, 0.15) is 11.7 Å². The maximum Gasteiger partial charge on any atom is 0.269 e. The Morgan fingerprint density at radius 1 is 0.962 bits per heavy atom. The van der Waals surface area contributed by atoms with Crippen molar-refractivity contribution in [3.8, 4) is 11.1 Å². The number of aromatic amines is 1. The highest BCUT2D eigenvalue weighted by molar-refractivity contribution is 6.05. The molecular weight excluding hydrogens is 673 g/mol. The van der Waals surface area contributed by atoms with Gasteiger partial charge in [0.25, 0.3) is 5.91 Å². The highest BCUT2D eigenvalue weighted by Crippen LogP contribution is 2.38. The Bertz CT molecular complexity index is 2080. The first kappa shape index (κ1) is 35.9. The largest absolute Gasteiger partial charge is 0.374 e. The monoisotopic (exact) mass is 719 g/mol. The van der Waals surface area contributed by atoms with Gasteiger partial charge in [-0.3, -0.25) is 29.4 Å². The topological polar surface area (TPSA) is 121 Å². The number of amides is 4. The summed E-state index contributed by atoms with van der Waals surface area (Å²) in [5.41, 5.74) is 6.70. The Morgan fingerprint density at radius 3 is 2.45 bits per heavy atom. The van der Waals surface area contributed by atoms with Gasteiger partial charge in [0.05, 0.1) is 5.52 Å². The number of H-pyrrole nitrogens is 1. The summed E-state index contributed by atoms with van der Waals surface area (Å²) in [5, 5.41) is 6.26. The standard InChI is InChI=1S/C41H46FN7O4/c1-26(50)49-16-5-7-29(25-49)33-23-32(34-24-36(41(53)46(2)3)44-39(34)38(33)42)28-6-4-8-31(22-28)48-20-18-47(19-21-48)17-15-27-9-11-30(12-10-27)43-35-13-14-37(51)45-40(35)52/h4,6-12,22-24,35,43-44H,5,13-21,25H2,1-3H3,(H,45,51,52). The van der Waals surface area contributed by atoms with E-state index in [0.717, 1.165) is 67.2 Å². The lowest BCUT2D eigenvalue weighted by atomic mass is 9.93.